The fourth-order valence-corrected chi connectivity index (χ4v) is 5.68. The number of hydrogen-bond acceptors (Lipinski definition) is 10. The molecular formula is C22H24N4O7S. The van der Waals surface area contributed by atoms with E-state index in [-0.39, 0.29) is 31.0 Å². The van der Waals surface area contributed by atoms with Gasteiger partial charge in [-0.15, -0.1) is 10.2 Å². The lowest BCUT2D eigenvalue weighted by Gasteiger charge is -2.34. The minimum Gasteiger partial charge on any atom is -0.494 e. The highest BCUT2D eigenvalue weighted by molar-refractivity contribution is 7.93. The van der Waals surface area contributed by atoms with Gasteiger partial charge in [0.15, 0.2) is 14.6 Å². The molecule has 3 heterocycles. The van der Waals surface area contributed by atoms with Gasteiger partial charge < -0.3 is 13.9 Å². The molecule has 0 aliphatic carbocycles. The first-order valence-electron chi connectivity index (χ1n) is 10.7. The molecule has 1 aliphatic rings. The molecule has 1 aromatic carbocycles. The highest BCUT2D eigenvalue weighted by atomic mass is 32.2. The number of nitrogens with zero attached hydrogens (tertiary/aromatic N) is 3. The second-order valence-corrected chi connectivity index (χ2v) is 9.97. The molecule has 2 N–H and O–H groups in total. The van der Waals surface area contributed by atoms with Crippen molar-refractivity contribution in [2.24, 2.45) is 0 Å². The summed E-state index contributed by atoms with van der Waals surface area (Å²) < 4.78 is 41.3. The van der Waals surface area contributed by atoms with E-state index < -0.39 is 20.5 Å². The summed E-state index contributed by atoms with van der Waals surface area (Å²) in [6, 6.07) is 9.42. The number of hydrogen-bond donors (Lipinski definition) is 2. The van der Waals surface area contributed by atoms with Crippen LogP contribution in [0.2, 0.25) is 0 Å². The number of aromatic nitrogens is 3. The molecule has 34 heavy (non-hydrogen) atoms. The van der Waals surface area contributed by atoms with E-state index in [1.807, 2.05) is 0 Å². The predicted octanol–water partition coefficient (Wildman–Crippen LogP) is 1.97. The zero-order valence-corrected chi connectivity index (χ0v) is 19.0. The molecule has 4 rings (SSSR count). The van der Waals surface area contributed by atoms with Gasteiger partial charge in [0.1, 0.15) is 5.75 Å². The summed E-state index contributed by atoms with van der Waals surface area (Å²) in [4.78, 5) is 16.2. The molecule has 0 unspecified atom stereocenters. The maximum atomic E-state index is 13.2. The van der Waals surface area contributed by atoms with Crippen LogP contribution >= 0.6 is 0 Å². The third kappa shape index (κ3) is 4.79. The Kier molecular flexibility index (Phi) is 7.20. The fourth-order valence-electron chi connectivity index (χ4n) is 3.74. The van der Waals surface area contributed by atoms with Gasteiger partial charge in [-0.3, -0.25) is 15.0 Å². The molecule has 3 aromatic rings. The van der Waals surface area contributed by atoms with Crippen LogP contribution in [0, 0.1) is 0 Å². The zero-order valence-electron chi connectivity index (χ0n) is 18.2. The van der Waals surface area contributed by atoms with Gasteiger partial charge in [-0.1, -0.05) is 0 Å². The van der Waals surface area contributed by atoms with E-state index in [1.54, 1.807) is 24.5 Å². The lowest BCUT2D eigenvalue weighted by Crippen LogP contribution is -2.54. The maximum Gasteiger partial charge on any atom is 0.265 e. The molecule has 180 valence electrons. The SMILES string of the molecule is O=C(NO)C1(S(=O)(=O)c2ccc(OCCCc3nnc(-c4ccncc4)o3)cc2)CCOCC1. The Hall–Kier alpha value is -3.35. The van der Waals surface area contributed by atoms with Crippen molar-refractivity contribution in [3.8, 4) is 17.2 Å². The first-order valence-corrected chi connectivity index (χ1v) is 12.2. The molecule has 1 saturated heterocycles. The number of pyridine rings is 1. The van der Waals surface area contributed by atoms with E-state index in [4.69, 9.17) is 19.1 Å². The van der Waals surface area contributed by atoms with Crippen molar-refractivity contribution in [2.75, 3.05) is 19.8 Å². The topological polar surface area (TPSA) is 154 Å². The highest BCUT2D eigenvalue weighted by Crippen LogP contribution is 2.35. The highest BCUT2D eigenvalue weighted by Gasteiger charge is 2.52. The predicted molar refractivity (Wildman–Crippen MR) is 118 cm³/mol. The van der Waals surface area contributed by atoms with Crippen LogP contribution < -0.4 is 10.2 Å². The summed E-state index contributed by atoms with van der Waals surface area (Å²) in [5.74, 6) is 0.437. The van der Waals surface area contributed by atoms with Crippen molar-refractivity contribution in [2.45, 2.75) is 35.3 Å². The number of nitrogens with one attached hydrogen (secondary N) is 1. The Morgan fingerprint density at radius 3 is 2.47 bits per heavy atom. The number of hydroxylamine groups is 1. The van der Waals surface area contributed by atoms with Crippen molar-refractivity contribution in [1.29, 1.82) is 0 Å². The van der Waals surface area contributed by atoms with Gasteiger partial charge in [0, 0.05) is 37.6 Å². The van der Waals surface area contributed by atoms with Crippen LogP contribution in [-0.2, 0) is 25.8 Å². The molecule has 0 spiro atoms. The lowest BCUT2D eigenvalue weighted by atomic mass is 9.98. The van der Waals surface area contributed by atoms with Crippen molar-refractivity contribution in [1.82, 2.24) is 20.7 Å². The van der Waals surface area contributed by atoms with Gasteiger partial charge >= 0.3 is 0 Å². The van der Waals surface area contributed by atoms with Crippen molar-refractivity contribution in [3.63, 3.8) is 0 Å². The van der Waals surface area contributed by atoms with E-state index in [0.717, 1.165) is 5.56 Å². The van der Waals surface area contributed by atoms with Crippen molar-refractivity contribution in [3.05, 3.63) is 54.7 Å². The van der Waals surface area contributed by atoms with Crippen LogP contribution in [0.1, 0.15) is 25.2 Å². The van der Waals surface area contributed by atoms with Gasteiger partial charge in [0.2, 0.25) is 11.8 Å². The summed E-state index contributed by atoms with van der Waals surface area (Å²) in [6.07, 6.45) is 4.34. The van der Waals surface area contributed by atoms with E-state index in [1.165, 1.54) is 29.7 Å². The average molecular weight is 489 g/mol. The molecule has 1 amide bonds. The average Bonchev–Trinajstić information content (AvgIpc) is 3.36. The van der Waals surface area contributed by atoms with Crippen LogP contribution in [-0.4, -0.2) is 59.3 Å². The number of rotatable bonds is 9. The molecule has 0 saturated carbocycles. The van der Waals surface area contributed by atoms with Crippen LogP contribution in [0.4, 0.5) is 0 Å². The monoisotopic (exact) mass is 488 g/mol. The summed E-state index contributed by atoms with van der Waals surface area (Å²) in [5, 5.41) is 17.2. The summed E-state index contributed by atoms with van der Waals surface area (Å²) in [6.45, 7) is 0.573. The molecule has 0 atom stereocenters. The first kappa shape index (κ1) is 23.8. The van der Waals surface area contributed by atoms with E-state index in [0.29, 0.717) is 37.0 Å². The van der Waals surface area contributed by atoms with Gasteiger partial charge in [-0.25, -0.2) is 13.9 Å². The van der Waals surface area contributed by atoms with E-state index in [2.05, 4.69) is 15.2 Å². The molecule has 0 bridgehead atoms. The van der Waals surface area contributed by atoms with Crippen molar-refractivity contribution >= 4 is 15.7 Å². The number of carbonyl (C=O) groups is 1. The normalized spacial score (nSPS) is 15.6. The van der Waals surface area contributed by atoms with Gasteiger partial charge in [-0.05, 0) is 55.7 Å². The van der Waals surface area contributed by atoms with Crippen LogP contribution in [0.25, 0.3) is 11.5 Å². The maximum absolute atomic E-state index is 13.2. The second-order valence-electron chi connectivity index (χ2n) is 7.71. The van der Waals surface area contributed by atoms with Crippen molar-refractivity contribution < 1.29 is 32.3 Å². The van der Waals surface area contributed by atoms with Gasteiger partial charge in [-0.2, -0.15) is 0 Å². The minimum absolute atomic E-state index is 0.0279. The third-order valence-electron chi connectivity index (χ3n) is 5.66. The summed E-state index contributed by atoms with van der Waals surface area (Å²) >= 11 is 0. The number of ether oxygens (including phenoxy) is 2. The third-order valence-corrected chi connectivity index (χ3v) is 8.18. The van der Waals surface area contributed by atoms with E-state index in [9.17, 15) is 13.2 Å². The molecule has 11 nitrogen and oxygen atoms in total. The second kappa shape index (κ2) is 10.3. The Morgan fingerprint density at radius 1 is 1.09 bits per heavy atom. The largest absolute Gasteiger partial charge is 0.494 e. The Balaban J connectivity index is 1.34. The molecule has 0 radical (unpaired) electrons. The summed E-state index contributed by atoms with van der Waals surface area (Å²) in [7, 11) is -4.07. The van der Waals surface area contributed by atoms with Crippen LogP contribution in [0.5, 0.6) is 5.75 Å². The number of sulfone groups is 1. The Morgan fingerprint density at radius 2 is 1.79 bits per heavy atom. The standard InChI is InChI=1S/C22H24N4O7S/c27-21(26-28)22(9-14-31-15-10-22)34(29,30)18-5-3-17(4-6-18)32-13-1-2-19-24-25-20(33-19)16-7-11-23-12-8-16/h3-8,11-12,28H,1-2,9-10,13-15H2,(H,26,27). The Labute approximate surface area is 196 Å². The van der Waals surface area contributed by atoms with E-state index >= 15 is 0 Å². The van der Waals surface area contributed by atoms with Crippen LogP contribution in [0.15, 0.2) is 58.1 Å². The van der Waals surface area contributed by atoms with Gasteiger partial charge in [0.25, 0.3) is 5.91 Å². The fraction of sp³-hybridized carbons (Fsp3) is 0.364. The zero-order chi connectivity index (χ0) is 24.0. The lowest BCUT2D eigenvalue weighted by molar-refractivity contribution is -0.134. The van der Waals surface area contributed by atoms with Crippen LogP contribution in [0.3, 0.4) is 0 Å². The molecule has 1 fully saturated rings. The number of carbonyl (C=O) groups excluding carboxylic acids is 1. The Bertz CT molecular complexity index is 1210. The smallest absolute Gasteiger partial charge is 0.265 e. The molecule has 1 aliphatic heterocycles. The summed E-state index contributed by atoms with van der Waals surface area (Å²) in [5.41, 5.74) is 2.29. The molecule has 2 aromatic heterocycles. The number of amides is 1. The molecular weight excluding hydrogens is 464 g/mol. The number of benzene rings is 1. The molecule has 12 heteroatoms. The number of aryl methyl sites for hydroxylation is 1. The minimum atomic E-state index is -4.07. The van der Waals surface area contributed by atoms with Gasteiger partial charge in [0.05, 0.1) is 11.5 Å². The first-order chi connectivity index (χ1) is 16.5. The quantitative estimate of drug-likeness (QED) is 0.259.